The number of halogens is 1. The molecule has 4 rings (SSSR count). The highest BCUT2D eigenvalue weighted by Gasteiger charge is 2.36. The van der Waals surface area contributed by atoms with Crippen molar-refractivity contribution in [2.24, 2.45) is 0 Å². The number of likely N-dealkylation sites (tertiary alicyclic amines) is 1. The molecule has 0 unspecified atom stereocenters. The summed E-state index contributed by atoms with van der Waals surface area (Å²) < 4.78 is 11.1. The van der Waals surface area contributed by atoms with Crippen molar-refractivity contribution >= 4 is 17.5 Å². The van der Waals surface area contributed by atoms with Crippen molar-refractivity contribution in [2.75, 3.05) is 26.8 Å². The number of nitrogens with zero attached hydrogens (tertiary/aromatic N) is 1. The highest BCUT2D eigenvalue weighted by molar-refractivity contribution is 6.30. The molecule has 3 aromatic rings. The molecule has 1 saturated heterocycles. The summed E-state index contributed by atoms with van der Waals surface area (Å²) in [6, 6.07) is 25.7. The molecule has 35 heavy (non-hydrogen) atoms. The van der Waals surface area contributed by atoms with Gasteiger partial charge in [0.2, 0.25) is 5.91 Å². The Hall–Kier alpha value is -2.90. The van der Waals surface area contributed by atoms with E-state index in [-0.39, 0.29) is 18.0 Å². The number of para-hydroxylation sites is 1. The van der Waals surface area contributed by atoms with E-state index in [1.54, 1.807) is 7.11 Å². The molecule has 7 heteroatoms. The van der Waals surface area contributed by atoms with Gasteiger partial charge in [-0.25, -0.2) is 0 Å². The number of benzene rings is 3. The number of hydrogen-bond acceptors (Lipinski definition) is 5. The van der Waals surface area contributed by atoms with Gasteiger partial charge in [0, 0.05) is 44.4 Å². The third-order valence-electron chi connectivity index (χ3n) is 6.08. The van der Waals surface area contributed by atoms with Crippen molar-refractivity contribution < 1.29 is 14.3 Å². The van der Waals surface area contributed by atoms with Crippen LogP contribution in [0.4, 0.5) is 0 Å². The molecular formula is C28H32ClN3O3. The number of rotatable bonds is 11. The number of ether oxygens (including phenoxy) is 2. The Bertz CT molecular complexity index is 1080. The predicted molar refractivity (Wildman–Crippen MR) is 139 cm³/mol. The zero-order chi connectivity index (χ0) is 24.5. The van der Waals surface area contributed by atoms with Gasteiger partial charge in [0.05, 0.1) is 12.6 Å². The zero-order valence-electron chi connectivity index (χ0n) is 20.0. The maximum atomic E-state index is 12.9. The van der Waals surface area contributed by atoms with Crippen molar-refractivity contribution in [3.05, 3.63) is 95.0 Å². The Morgan fingerprint density at radius 2 is 1.77 bits per heavy atom. The molecule has 1 heterocycles. The Morgan fingerprint density at radius 1 is 1.00 bits per heavy atom. The summed E-state index contributed by atoms with van der Waals surface area (Å²) in [4.78, 5) is 15.2. The average molecular weight is 494 g/mol. The third kappa shape index (κ3) is 7.54. The fourth-order valence-electron chi connectivity index (χ4n) is 4.32. The number of methoxy groups -OCH3 is 1. The van der Waals surface area contributed by atoms with E-state index in [1.807, 2.05) is 66.7 Å². The van der Waals surface area contributed by atoms with Gasteiger partial charge in [0.1, 0.15) is 11.5 Å². The van der Waals surface area contributed by atoms with Gasteiger partial charge >= 0.3 is 0 Å². The van der Waals surface area contributed by atoms with Crippen LogP contribution in [0.5, 0.6) is 11.5 Å². The lowest BCUT2D eigenvalue weighted by molar-refractivity contribution is -0.125. The van der Waals surface area contributed by atoms with E-state index in [1.165, 1.54) is 0 Å². The van der Waals surface area contributed by atoms with E-state index in [2.05, 4.69) is 27.7 Å². The van der Waals surface area contributed by atoms with Crippen LogP contribution in [0, 0.1) is 0 Å². The van der Waals surface area contributed by atoms with E-state index in [0.29, 0.717) is 31.3 Å². The van der Waals surface area contributed by atoms with Crippen LogP contribution < -0.4 is 15.4 Å². The molecule has 0 bridgehead atoms. The second-order valence-corrected chi connectivity index (χ2v) is 9.17. The first-order chi connectivity index (χ1) is 17.1. The summed E-state index contributed by atoms with van der Waals surface area (Å²) in [6.45, 7) is 3.18. The minimum atomic E-state index is -0.201. The zero-order valence-corrected chi connectivity index (χ0v) is 20.7. The monoisotopic (exact) mass is 493 g/mol. The fourth-order valence-corrected chi connectivity index (χ4v) is 4.45. The lowest BCUT2D eigenvalue weighted by Gasteiger charge is -2.23. The molecule has 0 saturated carbocycles. The highest BCUT2D eigenvalue weighted by Crippen LogP contribution is 2.24. The Labute approximate surface area is 212 Å². The number of carbonyl (C=O) groups excluding carboxylic acids is 1. The summed E-state index contributed by atoms with van der Waals surface area (Å²) in [7, 11) is 1.63. The second kappa shape index (κ2) is 12.7. The standard InChI is InChI=1S/C28H32ClN3O3/c1-34-15-14-30-28(33)27-17-24(20-32(27)19-21-10-12-23(29)13-11-21)31-18-22-6-5-9-26(16-22)35-25-7-3-2-4-8-25/h2-13,16,24,27,31H,14-15,17-20H2,1H3,(H,30,33)/t24-,27-/m0/s1. The predicted octanol–water partition coefficient (Wildman–Crippen LogP) is 4.63. The number of carbonyl (C=O) groups is 1. The van der Waals surface area contributed by atoms with Crippen LogP contribution in [0.1, 0.15) is 17.5 Å². The normalized spacial score (nSPS) is 17.9. The van der Waals surface area contributed by atoms with Crippen LogP contribution >= 0.6 is 11.6 Å². The first-order valence-corrected chi connectivity index (χ1v) is 12.3. The molecular weight excluding hydrogens is 462 g/mol. The van der Waals surface area contributed by atoms with E-state index >= 15 is 0 Å². The fraction of sp³-hybridized carbons (Fsp3) is 0.321. The van der Waals surface area contributed by atoms with E-state index < -0.39 is 0 Å². The molecule has 0 radical (unpaired) electrons. The van der Waals surface area contributed by atoms with Gasteiger partial charge in [-0.3, -0.25) is 9.69 Å². The summed E-state index contributed by atoms with van der Waals surface area (Å²) in [5.41, 5.74) is 2.27. The van der Waals surface area contributed by atoms with Crippen LogP contribution in [0.3, 0.4) is 0 Å². The summed E-state index contributed by atoms with van der Waals surface area (Å²) in [5.74, 6) is 1.66. The van der Waals surface area contributed by atoms with Crippen molar-refractivity contribution in [3.8, 4) is 11.5 Å². The first kappa shape index (κ1) is 25.2. The summed E-state index contributed by atoms with van der Waals surface area (Å²) in [6.07, 6.45) is 0.743. The van der Waals surface area contributed by atoms with Crippen LogP contribution in [0.2, 0.25) is 5.02 Å². The van der Waals surface area contributed by atoms with Gasteiger partial charge in [-0.15, -0.1) is 0 Å². The molecule has 1 fully saturated rings. The number of nitrogens with one attached hydrogen (secondary N) is 2. The second-order valence-electron chi connectivity index (χ2n) is 8.73. The molecule has 1 amide bonds. The Morgan fingerprint density at radius 3 is 2.54 bits per heavy atom. The lowest BCUT2D eigenvalue weighted by Crippen LogP contribution is -2.43. The van der Waals surface area contributed by atoms with Gasteiger partial charge in [-0.2, -0.15) is 0 Å². The van der Waals surface area contributed by atoms with Gasteiger partial charge in [0.15, 0.2) is 0 Å². The minimum absolute atomic E-state index is 0.0403. The van der Waals surface area contributed by atoms with Crippen molar-refractivity contribution in [3.63, 3.8) is 0 Å². The molecule has 6 nitrogen and oxygen atoms in total. The van der Waals surface area contributed by atoms with Crippen LogP contribution in [0.15, 0.2) is 78.9 Å². The van der Waals surface area contributed by atoms with Crippen LogP contribution in [0.25, 0.3) is 0 Å². The van der Waals surface area contributed by atoms with Gasteiger partial charge in [-0.1, -0.05) is 54.1 Å². The summed E-state index contributed by atoms with van der Waals surface area (Å²) >= 11 is 6.05. The SMILES string of the molecule is COCCNC(=O)[C@@H]1C[C@H](NCc2cccc(Oc3ccccc3)c2)CN1Cc1ccc(Cl)cc1. The molecule has 0 spiro atoms. The largest absolute Gasteiger partial charge is 0.457 e. The van der Waals surface area contributed by atoms with E-state index in [0.717, 1.165) is 35.6 Å². The molecule has 0 aliphatic carbocycles. The first-order valence-electron chi connectivity index (χ1n) is 11.9. The van der Waals surface area contributed by atoms with Crippen molar-refractivity contribution in [1.82, 2.24) is 15.5 Å². The third-order valence-corrected chi connectivity index (χ3v) is 6.33. The molecule has 1 aliphatic rings. The Balaban J connectivity index is 1.37. The van der Waals surface area contributed by atoms with Crippen molar-refractivity contribution in [1.29, 1.82) is 0 Å². The minimum Gasteiger partial charge on any atom is -0.457 e. The van der Waals surface area contributed by atoms with Crippen LogP contribution in [-0.2, 0) is 22.6 Å². The average Bonchev–Trinajstić information content (AvgIpc) is 3.28. The maximum absolute atomic E-state index is 12.9. The topological polar surface area (TPSA) is 62.8 Å². The van der Waals surface area contributed by atoms with Gasteiger partial charge in [-0.05, 0) is 53.9 Å². The van der Waals surface area contributed by atoms with Gasteiger partial charge in [0.25, 0.3) is 0 Å². The highest BCUT2D eigenvalue weighted by atomic mass is 35.5. The molecule has 2 atom stereocenters. The summed E-state index contributed by atoms with van der Waals surface area (Å²) in [5, 5.41) is 7.36. The quantitative estimate of drug-likeness (QED) is 0.381. The van der Waals surface area contributed by atoms with E-state index in [9.17, 15) is 4.79 Å². The Kier molecular flexibility index (Phi) is 9.15. The molecule has 3 aromatic carbocycles. The molecule has 2 N–H and O–H groups in total. The maximum Gasteiger partial charge on any atom is 0.237 e. The van der Waals surface area contributed by atoms with Crippen molar-refractivity contribution in [2.45, 2.75) is 31.6 Å². The smallest absolute Gasteiger partial charge is 0.237 e. The molecule has 1 aliphatic heterocycles. The molecule has 184 valence electrons. The number of amides is 1. The van der Waals surface area contributed by atoms with E-state index in [4.69, 9.17) is 21.1 Å². The lowest BCUT2D eigenvalue weighted by atomic mass is 10.1. The van der Waals surface area contributed by atoms with Crippen LogP contribution in [-0.4, -0.2) is 49.7 Å². The number of hydrogen-bond donors (Lipinski definition) is 2. The van der Waals surface area contributed by atoms with Gasteiger partial charge < -0.3 is 20.1 Å². The molecule has 0 aromatic heterocycles.